The topological polar surface area (TPSA) is 44.5 Å². The minimum Gasteiger partial charge on any atom is -0.493 e. The fourth-order valence-electron chi connectivity index (χ4n) is 2.22. The molecule has 0 atom stereocenters. The van der Waals surface area contributed by atoms with Crippen LogP contribution in [-0.4, -0.2) is 7.11 Å². The summed E-state index contributed by atoms with van der Waals surface area (Å²) in [5.74, 6) is -0.515. The summed E-state index contributed by atoms with van der Waals surface area (Å²) in [6.07, 6.45) is 3.10. The molecular weight excluding hydrogens is 324 g/mol. The maximum atomic E-state index is 14.9. The maximum absolute atomic E-state index is 14.9. The van der Waals surface area contributed by atoms with E-state index in [1.807, 2.05) is 0 Å². The van der Waals surface area contributed by atoms with Crippen LogP contribution in [0.5, 0.6) is 11.5 Å². The van der Waals surface area contributed by atoms with Gasteiger partial charge >= 0.3 is 0 Å². The van der Waals surface area contributed by atoms with Gasteiger partial charge in [-0.15, -0.1) is 0 Å². The number of methoxy groups -OCH3 is 1. The van der Waals surface area contributed by atoms with Crippen LogP contribution in [0.15, 0.2) is 73.2 Å². The van der Waals surface area contributed by atoms with Gasteiger partial charge in [0.25, 0.3) is 0 Å². The summed E-state index contributed by atoms with van der Waals surface area (Å²) in [6.45, 7) is 7.15. The van der Waals surface area contributed by atoms with Crippen LogP contribution >= 0.6 is 0 Å². The summed E-state index contributed by atoms with van der Waals surface area (Å²) in [5.41, 5.74) is 6.92. The average Bonchev–Trinajstić information content (AvgIpc) is 2.59. The molecule has 0 spiro atoms. The molecule has 25 heavy (non-hydrogen) atoms. The molecule has 0 unspecified atom stereocenters. The highest BCUT2D eigenvalue weighted by molar-refractivity contribution is 5.47. The smallest absolute Gasteiger partial charge is 0.205 e. The van der Waals surface area contributed by atoms with Gasteiger partial charge in [0.15, 0.2) is 11.6 Å². The molecule has 2 aromatic rings. The largest absolute Gasteiger partial charge is 0.493 e. The van der Waals surface area contributed by atoms with E-state index in [1.165, 1.54) is 31.4 Å². The van der Waals surface area contributed by atoms with E-state index >= 15 is 0 Å². The van der Waals surface area contributed by atoms with Crippen molar-refractivity contribution in [1.29, 1.82) is 0 Å². The van der Waals surface area contributed by atoms with Gasteiger partial charge in [0.1, 0.15) is 11.6 Å². The van der Waals surface area contributed by atoms with Gasteiger partial charge in [-0.05, 0) is 35.4 Å². The Kier molecular flexibility index (Phi) is 5.95. The van der Waals surface area contributed by atoms with E-state index in [4.69, 9.17) is 15.2 Å². The molecule has 0 aliphatic heterocycles. The second kappa shape index (κ2) is 8.15. The van der Waals surface area contributed by atoms with Crippen LogP contribution in [0, 0.1) is 11.6 Å². The van der Waals surface area contributed by atoms with Crippen molar-refractivity contribution in [3.05, 3.63) is 95.9 Å². The van der Waals surface area contributed by atoms with E-state index in [2.05, 4.69) is 13.2 Å². The van der Waals surface area contributed by atoms with Gasteiger partial charge in [-0.1, -0.05) is 31.4 Å². The number of allylic oxidation sites excluding steroid dienone is 2. The van der Waals surface area contributed by atoms with Crippen molar-refractivity contribution in [2.24, 2.45) is 5.73 Å². The first-order valence-corrected chi connectivity index (χ1v) is 7.50. The molecule has 0 aromatic heterocycles. The van der Waals surface area contributed by atoms with E-state index in [1.54, 1.807) is 24.3 Å². The second-order valence-corrected chi connectivity index (χ2v) is 5.30. The van der Waals surface area contributed by atoms with Crippen molar-refractivity contribution in [3.8, 4) is 11.5 Å². The third kappa shape index (κ3) is 4.70. The molecule has 0 radical (unpaired) electrons. The van der Waals surface area contributed by atoms with Crippen molar-refractivity contribution in [2.75, 3.05) is 7.11 Å². The van der Waals surface area contributed by atoms with Crippen LogP contribution in [0.3, 0.4) is 0 Å². The molecule has 2 rings (SSSR count). The molecule has 0 saturated heterocycles. The molecule has 0 bridgehead atoms. The highest BCUT2D eigenvalue weighted by atomic mass is 19.1. The van der Waals surface area contributed by atoms with Crippen molar-refractivity contribution in [3.63, 3.8) is 0 Å². The van der Waals surface area contributed by atoms with Gasteiger partial charge in [-0.3, -0.25) is 0 Å². The van der Waals surface area contributed by atoms with Crippen LogP contribution in [0.4, 0.5) is 8.78 Å². The summed E-state index contributed by atoms with van der Waals surface area (Å²) in [4.78, 5) is 0. The second-order valence-electron chi connectivity index (χ2n) is 5.30. The Morgan fingerprint density at radius 3 is 2.40 bits per heavy atom. The van der Waals surface area contributed by atoms with Gasteiger partial charge in [0, 0.05) is 18.2 Å². The molecule has 5 heteroatoms. The van der Waals surface area contributed by atoms with Crippen LogP contribution in [-0.2, 0) is 6.42 Å². The number of hydrogen-bond donors (Lipinski definition) is 1. The van der Waals surface area contributed by atoms with E-state index in [0.717, 1.165) is 5.56 Å². The number of benzene rings is 2. The summed E-state index contributed by atoms with van der Waals surface area (Å²) < 4.78 is 38.7. The number of nitrogens with two attached hydrogens (primary N) is 1. The quantitative estimate of drug-likeness (QED) is 0.595. The first kappa shape index (κ1) is 18.3. The van der Waals surface area contributed by atoms with E-state index < -0.39 is 5.82 Å². The maximum Gasteiger partial charge on any atom is 0.205 e. The normalized spacial score (nSPS) is 11.1. The van der Waals surface area contributed by atoms with E-state index in [-0.39, 0.29) is 35.2 Å². The zero-order chi connectivity index (χ0) is 18.4. The SMILES string of the molecule is C=C/C(=C\C(=C)N)Oc1c(OC)ccc(Cc2ccc(F)cc2)c1F. The average molecular weight is 343 g/mol. The standard InChI is InChI=1S/C20H19F2NO2/c1-4-17(11-13(2)23)25-20-18(24-3)10-7-15(19(20)22)12-14-5-8-16(21)9-6-14/h4-11H,1-2,12,23H2,3H3/b17-11+. The number of ether oxygens (including phenoxy) is 2. The minimum atomic E-state index is -0.570. The molecule has 2 aromatic carbocycles. The zero-order valence-electron chi connectivity index (χ0n) is 13.9. The van der Waals surface area contributed by atoms with E-state index in [9.17, 15) is 8.78 Å². The lowest BCUT2D eigenvalue weighted by Gasteiger charge is -2.14. The lowest BCUT2D eigenvalue weighted by atomic mass is 10.0. The Morgan fingerprint density at radius 2 is 1.84 bits per heavy atom. The van der Waals surface area contributed by atoms with Gasteiger partial charge in [0.2, 0.25) is 5.75 Å². The fraction of sp³-hybridized carbons (Fsp3) is 0.100. The minimum absolute atomic E-state index is 0.0745. The van der Waals surface area contributed by atoms with Crippen LogP contribution < -0.4 is 15.2 Å². The van der Waals surface area contributed by atoms with Gasteiger partial charge in [0.05, 0.1) is 7.11 Å². The molecule has 0 amide bonds. The van der Waals surface area contributed by atoms with Crippen LogP contribution in [0.2, 0.25) is 0 Å². The summed E-state index contributed by atoms with van der Waals surface area (Å²) in [7, 11) is 1.42. The highest BCUT2D eigenvalue weighted by Gasteiger charge is 2.17. The monoisotopic (exact) mass is 343 g/mol. The predicted octanol–water partition coefficient (Wildman–Crippen LogP) is 4.49. The molecule has 0 aliphatic rings. The predicted molar refractivity (Wildman–Crippen MR) is 94.4 cm³/mol. The fourth-order valence-corrected chi connectivity index (χ4v) is 2.22. The zero-order valence-corrected chi connectivity index (χ0v) is 13.9. The Balaban J connectivity index is 2.39. The van der Waals surface area contributed by atoms with Crippen molar-refractivity contribution >= 4 is 0 Å². The molecule has 2 N–H and O–H groups in total. The molecule has 0 aliphatic carbocycles. The third-order valence-corrected chi connectivity index (χ3v) is 3.42. The molecular formula is C20H19F2NO2. The Morgan fingerprint density at radius 1 is 1.16 bits per heavy atom. The number of rotatable bonds is 7. The third-order valence-electron chi connectivity index (χ3n) is 3.42. The molecule has 3 nitrogen and oxygen atoms in total. The summed E-state index contributed by atoms with van der Waals surface area (Å²) in [6, 6.07) is 9.08. The lowest BCUT2D eigenvalue weighted by Crippen LogP contribution is -2.03. The molecule has 0 saturated carbocycles. The molecule has 130 valence electrons. The van der Waals surface area contributed by atoms with Crippen molar-refractivity contribution in [2.45, 2.75) is 6.42 Å². The van der Waals surface area contributed by atoms with Crippen LogP contribution in [0.25, 0.3) is 0 Å². The Bertz CT molecular complexity index is 811. The van der Waals surface area contributed by atoms with Crippen LogP contribution in [0.1, 0.15) is 11.1 Å². The lowest BCUT2D eigenvalue weighted by molar-refractivity contribution is 0.350. The Labute approximate surface area is 145 Å². The van der Waals surface area contributed by atoms with Crippen molar-refractivity contribution < 1.29 is 18.3 Å². The summed E-state index contributed by atoms with van der Waals surface area (Å²) >= 11 is 0. The molecule has 0 heterocycles. The highest BCUT2D eigenvalue weighted by Crippen LogP contribution is 2.34. The summed E-state index contributed by atoms with van der Waals surface area (Å²) in [5, 5.41) is 0. The first-order chi connectivity index (χ1) is 11.9. The van der Waals surface area contributed by atoms with Gasteiger partial charge < -0.3 is 15.2 Å². The first-order valence-electron chi connectivity index (χ1n) is 7.50. The van der Waals surface area contributed by atoms with E-state index in [0.29, 0.717) is 5.56 Å². The van der Waals surface area contributed by atoms with Gasteiger partial charge in [-0.2, -0.15) is 0 Å². The van der Waals surface area contributed by atoms with Gasteiger partial charge in [-0.25, -0.2) is 8.78 Å². The molecule has 0 fully saturated rings. The number of hydrogen-bond acceptors (Lipinski definition) is 3. The van der Waals surface area contributed by atoms with Crippen molar-refractivity contribution in [1.82, 2.24) is 0 Å². The Hall–Kier alpha value is -3.08. The number of halogens is 2.